The van der Waals surface area contributed by atoms with E-state index in [1.54, 1.807) is 12.1 Å². The molecule has 1 aliphatic heterocycles. The molecule has 0 aromatic heterocycles. The van der Waals surface area contributed by atoms with Gasteiger partial charge in [-0.2, -0.15) is 0 Å². The molecule has 1 saturated heterocycles. The second-order valence-corrected chi connectivity index (χ2v) is 8.19. The van der Waals surface area contributed by atoms with E-state index in [-0.39, 0.29) is 29.8 Å². The number of nitrogens with one attached hydrogen (secondary N) is 3. The summed E-state index contributed by atoms with van der Waals surface area (Å²) in [6.07, 6.45) is 2.35. The molecule has 0 saturated carbocycles. The SMILES string of the molecule is CCNC(=NCC(=O)Nc1cccc(F)c1)NCC1CCCOC1C(C)(C)C. The molecule has 0 aliphatic carbocycles. The Balaban J connectivity index is 1.91. The van der Waals surface area contributed by atoms with Crippen LogP contribution in [0.1, 0.15) is 40.5 Å². The molecule has 0 radical (unpaired) electrons. The van der Waals surface area contributed by atoms with E-state index in [1.165, 1.54) is 12.1 Å². The summed E-state index contributed by atoms with van der Waals surface area (Å²) in [5.41, 5.74) is 0.498. The van der Waals surface area contributed by atoms with Gasteiger partial charge in [-0.15, -0.1) is 0 Å². The van der Waals surface area contributed by atoms with Crippen LogP contribution in [0.4, 0.5) is 10.1 Å². The highest BCUT2D eigenvalue weighted by atomic mass is 19.1. The minimum absolute atomic E-state index is 0.0459. The Labute approximate surface area is 167 Å². The van der Waals surface area contributed by atoms with Crippen molar-refractivity contribution in [2.75, 3.05) is 31.6 Å². The summed E-state index contributed by atoms with van der Waals surface area (Å²) in [7, 11) is 0. The zero-order valence-corrected chi connectivity index (χ0v) is 17.3. The number of halogens is 1. The summed E-state index contributed by atoms with van der Waals surface area (Å²) < 4.78 is 19.2. The van der Waals surface area contributed by atoms with E-state index >= 15 is 0 Å². The lowest BCUT2D eigenvalue weighted by molar-refractivity contribution is -0.114. The molecule has 7 heteroatoms. The van der Waals surface area contributed by atoms with Crippen LogP contribution in [-0.4, -0.2) is 44.2 Å². The Kier molecular flexibility index (Phi) is 8.23. The summed E-state index contributed by atoms with van der Waals surface area (Å²) in [6.45, 7) is 10.8. The van der Waals surface area contributed by atoms with Gasteiger partial charge in [0, 0.05) is 31.3 Å². The summed E-state index contributed by atoms with van der Waals surface area (Å²) in [5.74, 6) is 0.296. The van der Waals surface area contributed by atoms with Crippen LogP contribution in [-0.2, 0) is 9.53 Å². The number of rotatable bonds is 6. The Hall–Kier alpha value is -2.15. The average Bonchev–Trinajstić information content (AvgIpc) is 2.63. The zero-order chi connectivity index (χ0) is 20.6. The smallest absolute Gasteiger partial charge is 0.246 e. The predicted molar refractivity (Wildman–Crippen MR) is 111 cm³/mol. The van der Waals surface area contributed by atoms with Gasteiger partial charge in [0.25, 0.3) is 0 Å². The normalized spacial score (nSPS) is 20.5. The highest BCUT2D eigenvalue weighted by Crippen LogP contribution is 2.33. The van der Waals surface area contributed by atoms with Gasteiger partial charge in [0.15, 0.2) is 5.96 Å². The number of amides is 1. The van der Waals surface area contributed by atoms with Gasteiger partial charge in [-0.1, -0.05) is 26.8 Å². The Morgan fingerprint density at radius 3 is 2.79 bits per heavy atom. The van der Waals surface area contributed by atoms with Crippen molar-refractivity contribution in [3.8, 4) is 0 Å². The Morgan fingerprint density at radius 2 is 2.11 bits per heavy atom. The molecule has 3 N–H and O–H groups in total. The van der Waals surface area contributed by atoms with E-state index < -0.39 is 0 Å². The third-order valence-corrected chi connectivity index (χ3v) is 4.66. The monoisotopic (exact) mass is 392 g/mol. The maximum atomic E-state index is 13.2. The fourth-order valence-corrected chi connectivity index (χ4v) is 3.50. The average molecular weight is 393 g/mol. The molecule has 0 bridgehead atoms. The van der Waals surface area contributed by atoms with Gasteiger partial charge in [0.2, 0.25) is 5.91 Å². The number of guanidine groups is 1. The maximum absolute atomic E-state index is 13.2. The zero-order valence-electron chi connectivity index (χ0n) is 17.3. The van der Waals surface area contributed by atoms with Crippen molar-refractivity contribution >= 4 is 17.6 Å². The first kappa shape index (κ1) is 22.1. The van der Waals surface area contributed by atoms with Crippen LogP contribution in [0.3, 0.4) is 0 Å². The molecular formula is C21H33FN4O2. The fourth-order valence-electron chi connectivity index (χ4n) is 3.50. The van der Waals surface area contributed by atoms with Gasteiger partial charge in [0.05, 0.1) is 6.10 Å². The van der Waals surface area contributed by atoms with Crippen molar-refractivity contribution in [3.05, 3.63) is 30.1 Å². The molecule has 2 unspecified atom stereocenters. The van der Waals surface area contributed by atoms with Crippen LogP contribution < -0.4 is 16.0 Å². The van der Waals surface area contributed by atoms with Gasteiger partial charge in [-0.3, -0.25) is 4.79 Å². The van der Waals surface area contributed by atoms with Gasteiger partial charge in [-0.25, -0.2) is 9.38 Å². The molecular weight excluding hydrogens is 359 g/mol. The van der Waals surface area contributed by atoms with Gasteiger partial charge in [-0.05, 0) is 43.4 Å². The number of carbonyl (C=O) groups is 1. The topological polar surface area (TPSA) is 74.8 Å². The summed E-state index contributed by atoms with van der Waals surface area (Å²) in [4.78, 5) is 16.5. The number of hydrogen-bond donors (Lipinski definition) is 3. The van der Waals surface area contributed by atoms with Crippen LogP contribution in [0.25, 0.3) is 0 Å². The van der Waals surface area contributed by atoms with Crippen molar-refractivity contribution in [3.63, 3.8) is 0 Å². The second kappa shape index (κ2) is 10.4. The first-order valence-corrected chi connectivity index (χ1v) is 9.98. The van der Waals surface area contributed by atoms with Crippen molar-refractivity contribution in [2.45, 2.75) is 46.6 Å². The first-order valence-electron chi connectivity index (χ1n) is 9.98. The summed E-state index contributed by atoms with van der Waals surface area (Å²) in [5, 5.41) is 9.15. The standard InChI is InChI=1S/C21H33FN4O2/c1-5-23-20(24-13-15-8-7-11-28-19(15)21(2,3)4)25-14-18(27)26-17-10-6-9-16(22)12-17/h6,9-10,12,15,19H,5,7-8,11,13-14H2,1-4H3,(H,26,27)(H2,23,24,25). The molecule has 1 aliphatic rings. The highest BCUT2D eigenvalue weighted by Gasteiger charge is 2.35. The van der Waals surface area contributed by atoms with Crippen LogP contribution in [0.5, 0.6) is 0 Å². The van der Waals surface area contributed by atoms with E-state index in [0.717, 1.165) is 26.0 Å². The Bertz CT molecular complexity index is 673. The second-order valence-electron chi connectivity index (χ2n) is 8.19. The molecule has 28 heavy (non-hydrogen) atoms. The van der Waals surface area contributed by atoms with Crippen molar-refractivity contribution in [1.82, 2.24) is 10.6 Å². The quantitative estimate of drug-likeness (QED) is 0.514. The van der Waals surface area contributed by atoms with Crippen molar-refractivity contribution in [2.24, 2.45) is 16.3 Å². The lowest BCUT2D eigenvalue weighted by Crippen LogP contribution is -2.47. The number of nitrogens with zero attached hydrogens (tertiary/aromatic N) is 1. The van der Waals surface area contributed by atoms with Gasteiger partial charge < -0.3 is 20.7 Å². The minimum Gasteiger partial charge on any atom is -0.377 e. The number of aliphatic imine (C=N–C) groups is 1. The summed E-state index contributed by atoms with van der Waals surface area (Å²) in [6, 6.07) is 5.81. The molecule has 2 atom stereocenters. The third kappa shape index (κ3) is 7.11. The number of hydrogen-bond acceptors (Lipinski definition) is 3. The van der Waals surface area contributed by atoms with Crippen LogP contribution in [0.15, 0.2) is 29.3 Å². The van der Waals surface area contributed by atoms with E-state index in [2.05, 4.69) is 41.7 Å². The lowest BCUT2D eigenvalue weighted by atomic mass is 9.78. The van der Waals surface area contributed by atoms with E-state index in [0.29, 0.717) is 24.1 Å². The molecule has 6 nitrogen and oxygen atoms in total. The van der Waals surface area contributed by atoms with Gasteiger partial charge >= 0.3 is 0 Å². The number of ether oxygens (including phenoxy) is 1. The molecule has 1 aromatic carbocycles. The molecule has 0 spiro atoms. The van der Waals surface area contributed by atoms with Crippen LogP contribution >= 0.6 is 0 Å². The highest BCUT2D eigenvalue weighted by molar-refractivity contribution is 5.94. The number of anilines is 1. The maximum Gasteiger partial charge on any atom is 0.246 e. The predicted octanol–water partition coefficient (Wildman–Crippen LogP) is 3.16. The molecule has 1 amide bonds. The van der Waals surface area contributed by atoms with E-state index in [1.807, 2.05) is 6.92 Å². The molecule has 1 aromatic rings. The molecule has 1 fully saturated rings. The van der Waals surface area contributed by atoms with Crippen molar-refractivity contribution in [1.29, 1.82) is 0 Å². The third-order valence-electron chi connectivity index (χ3n) is 4.66. The van der Waals surface area contributed by atoms with Gasteiger partial charge in [0.1, 0.15) is 12.4 Å². The van der Waals surface area contributed by atoms with E-state index in [4.69, 9.17) is 4.74 Å². The number of carbonyl (C=O) groups excluding carboxylic acids is 1. The minimum atomic E-state index is -0.389. The fraction of sp³-hybridized carbons (Fsp3) is 0.619. The molecule has 2 rings (SSSR count). The largest absolute Gasteiger partial charge is 0.377 e. The van der Waals surface area contributed by atoms with Crippen LogP contribution in [0, 0.1) is 17.2 Å². The van der Waals surface area contributed by atoms with Crippen molar-refractivity contribution < 1.29 is 13.9 Å². The van der Waals surface area contributed by atoms with E-state index in [9.17, 15) is 9.18 Å². The Morgan fingerprint density at radius 1 is 1.32 bits per heavy atom. The van der Waals surface area contributed by atoms with Crippen LogP contribution in [0.2, 0.25) is 0 Å². The first-order chi connectivity index (χ1) is 13.3. The lowest BCUT2D eigenvalue weighted by Gasteiger charge is -2.40. The number of benzene rings is 1. The molecule has 1 heterocycles. The molecule has 156 valence electrons. The summed E-state index contributed by atoms with van der Waals surface area (Å²) >= 11 is 0.